The summed E-state index contributed by atoms with van der Waals surface area (Å²) in [6.45, 7) is 3.39. The molecule has 130 valence electrons. The number of anilines is 1. The number of amides is 3. The zero-order valence-electron chi connectivity index (χ0n) is 14.0. The standard InChI is InChI=1S/C18H19N3O3S/c1-12-6-8-16(9-7-12)25-11-17(23)20-21-18(24)14-4-3-5-15(10-14)19-13(2)22/h3-10H,11H2,1-2H3,(H,19,22)(H,20,23)(H,21,24). The molecule has 2 rings (SSSR count). The SMILES string of the molecule is CC(=O)Nc1cccc(C(=O)NNC(=O)CSc2ccc(C)cc2)c1. The van der Waals surface area contributed by atoms with Crippen LogP contribution >= 0.6 is 11.8 Å². The Morgan fingerprint density at radius 3 is 2.40 bits per heavy atom. The van der Waals surface area contributed by atoms with Crippen molar-refractivity contribution in [1.82, 2.24) is 10.9 Å². The number of nitrogens with one attached hydrogen (secondary N) is 3. The van der Waals surface area contributed by atoms with Gasteiger partial charge in [0.15, 0.2) is 0 Å². The molecule has 0 saturated heterocycles. The largest absolute Gasteiger partial charge is 0.326 e. The molecule has 3 N–H and O–H groups in total. The predicted molar refractivity (Wildman–Crippen MR) is 98.3 cm³/mol. The molecule has 0 saturated carbocycles. The average Bonchev–Trinajstić information content (AvgIpc) is 2.59. The summed E-state index contributed by atoms with van der Waals surface area (Å²) in [5.41, 5.74) is 6.74. The molecule has 3 amide bonds. The van der Waals surface area contributed by atoms with E-state index in [0.29, 0.717) is 11.3 Å². The first-order valence-corrected chi connectivity index (χ1v) is 8.59. The summed E-state index contributed by atoms with van der Waals surface area (Å²) in [6, 6.07) is 14.3. The Morgan fingerprint density at radius 2 is 1.72 bits per heavy atom. The summed E-state index contributed by atoms with van der Waals surface area (Å²) < 4.78 is 0. The van der Waals surface area contributed by atoms with Crippen LogP contribution in [0.5, 0.6) is 0 Å². The zero-order valence-corrected chi connectivity index (χ0v) is 14.8. The Labute approximate surface area is 150 Å². The molecule has 2 aromatic rings. The van der Waals surface area contributed by atoms with Crippen LogP contribution in [0.2, 0.25) is 0 Å². The fraction of sp³-hybridized carbons (Fsp3) is 0.167. The van der Waals surface area contributed by atoms with Gasteiger partial charge >= 0.3 is 0 Å². The second kappa shape index (κ2) is 8.89. The van der Waals surface area contributed by atoms with Crippen LogP contribution in [-0.4, -0.2) is 23.5 Å². The molecule has 25 heavy (non-hydrogen) atoms. The van der Waals surface area contributed by atoms with Crippen molar-refractivity contribution < 1.29 is 14.4 Å². The van der Waals surface area contributed by atoms with E-state index in [-0.39, 0.29) is 17.6 Å². The highest BCUT2D eigenvalue weighted by Crippen LogP contribution is 2.17. The number of aryl methyl sites for hydroxylation is 1. The maximum Gasteiger partial charge on any atom is 0.269 e. The summed E-state index contributed by atoms with van der Waals surface area (Å²) in [5.74, 6) is -0.799. The molecular weight excluding hydrogens is 338 g/mol. The van der Waals surface area contributed by atoms with E-state index in [2.05, 4.69) is 16.2 Å². The normalized spacial score (nSPS) is 10.0. The predicted octanol–water partition coefficient (Wildman–Crippen LogP) is 2.51. The first-order valence-electron chi connectivity index (χ1n) is 7.60. The van der Waals surface area contributed by atoms with Gasteiger partial charge in [-0.3, -0.25) is 25.2 Å². The van der Waals surface area contributed by atoms with Crippen molar-refractivity contribution in [3.63, 3.8) is 0 Å². The Balaban J connectivity index is 1.81. The van der Waals surface area contributed by atoms with Crippen molar-refractivity contribution in [2.75, 3.05) is 11.1 Å². The fourth-order valence-electron chi connectivity index (χ4n) is 1.96. The van der Waals surface area contributed by atoms with E-state index in [9.17, 15) is 14.4 Å². The van der Waals surface area contributed by atoms with Crippen molar-refractivity contribution in [1.29, 1.82) is 0 Å². The number of hydrogen-bond donors (Lipinski definition) is 3. The van der Waals surface area contributed by atoms with Crippen LogP contribution in [0.15, 0.2) is 53.4 Å². The smallest absolute Gasteiger partial charge is 0.269 e. The minimum absolute atomic E-state index is 0.190. The first kappa shape index (κ1) is 18.5. The molecule has 2 aromatic carbocycles. The van der Waals surface area contributed by atoms with Gasteiger partial charge in [-0.05, 0) is 37.3 Å². The van der Waals surface area contributed by atoms with Crippen LogP contribution in [-0.2, 0) is 9.59 Å². The molecule has 0 aliphatic rings. The highest BCUT2D eigenvalue weighted by Gasteiger charge is 2.09. The number of benzene rings is 2. The van der Waals surface area contributed by atoms with Crippen LogP contribution in [0.25, 0.3) is 0 Å². The Kier molecular flexibility index (Phi) is 6.59. The number of rotatable bonds is 5. The number of carbonyl (C=O) groups is 3. The van der Waals surface area contributed by atoms with Gasteiger partial charge in [0.1, 0.15) is 0 Å². The molecule has 0 aliphatic carbocycles. The van der Waals surface area contributed by atoms with E-state index >= 15 is 0 Å². The third kappa shape index (κ3) is 6.31. The number of carbonyl (C=O) groups excluding carboxylic acids is 3. The van der Waals surface area contributed by atoms with Crippen LogP contribution in [0.1, 0.15) is 22.8 Å². The van der Waals surface area contributed by atoms with Gasteiger partial charge < -0.3 is 5.32 Å². The van der Waals surface area contributed by atoms with E-state index in [1.807, 2.05) is 31.2 Å². The quantitative estimate of drug-likeness (QED) is 0.567. The van der Waals surface area contributed by atoms with Crippen LogP contribution < -0.4 is 16.2 Å². The van der Waals surface area contributed by atoms with E-state index in [1.54, 1.807) is 18.2 Å². The van der Waals surface area contributed by atoms with Crippen LogP contribution in [0.3, 0.4) is 0 Å². The molecule has 0 aromatic heterocycles. The molecule has 0 radical (unpaired) electrons. The summed E-state index contributed by atoms with van der Waals surface area (Å²) in [6.07, 6.45) is 0. The molecule has 6 nitrogen and oxygen atoms in total. The third-order valence-corrected chi connectivity index (χ3v) is 4.16. The minimum Gasteiger partial charge on any atom is -0.326 e. The number of thioether (sulfide) groups is 1. The van der Waals surface area contributed by atoms with Crippen LogP contribution in [0, 0.1) is 6.92 Å². The van der Waals surface area contributed by atoms with E-state index in [0.717, 1.165) is 10.5 Å². The third-order valence-electron chi connectivity index (χ3n) is 3.15. The molecule has 0 spiro atoms. The lowest BCUT2D eigenvalue weighted by atomic mass is 10.2. The van der Waals surface area contributed by atoms with Crippen molar-refractivity contribution in [2.45, 2.75) is 18.7 Å². The number of hydrogen-bond acceptors (Lipinski definition) is 4. The Morgan fingerprint density at radius 1 is 1.00 bits per heavy atom. The van der Waals surface area contributed by atoms with Crippen LogP contribution in [0.4, 0.5) is 5.69 Å². The minimum atomic E-state index is -0.458. The number of hydrazine groups is 1. The topological polar surface area (TPSA) is 87.3 Å². The second-order valence-electron chi connectivity index (χ2n) is 5.37. The van der Waals surface area contributed by atoms with Crippen molar-refractivity contribution in [3.8, 4) is 0 Å². The maximum absolute atomic E-state index is 12.1. The molecule has 0 bridgehead atoms. The van der Waals surface area contributed by atoms with Gasteiger partial charge in [-0.1, -0.05) is 23.8 Å². The van der Waals surface area contributed by atoms with Gasteiger partial charge in [-0.2, -0.15) is 0 Å². The van der Waals surface area contributed by atoms with Gasteiger partial charge in [0.2, 0.25) is 11.8 Å². The van der Waals surface area contributed by atoms with E-state index < -0.39 is 5.91 Å². The van der Waals surface area contributed by atoms with Crippen molar-refractivity contribution >= 4 is 35.2 Å². The Hall–Kier alpha value is -2.80. The summed E-state index contributed by atoms with van der Waals surface area (Å²) in [4.78, 5) is 35.9. The average molecular weight is 357 g/mol. The first-order chi connectivity index (χ1) is 11.9. The zero-order chi connectivity index (χ0) is 18.2. The van der Waals surface area contributed by atoms with Gasteiger partial charge in [-0.15, -0.1) is 11.8 Å². The fourth-order valence-corrected chi connectivity index (χ4v) is 2.66. The van der Waals surface area contributed by atoms with Gasteiger partial charge in [0.05, 0.1) is 5.75 Å². The molecule has 0 aliphatic heterocycles. The van der Waals surface area contributed by atoms with Gasteiger partial charge in [-0.25, -0.2) is 0 Å². The molecule has 0 unspecified atom stereocenters. The lowest BCUT2D eigenvalue weighted by Gasteiger charge is -2.09. The highest BCUT2D eigenvalue weighted by molar-refractivity contribution is 8.00. The monoisotopic (exact) mass is 357 g/mol. The van der Waals surface area contributed by atoms with Crippen molar-refractivity contribution in [3.05, 3.63) is 59.7 Å². The van der Waals surface area contributed by atoms with Crippen molar-refractivity contribution in [2.24, 2.45) is 0 Å². The van der Waals surface area contributed by atoms with E-state index in [1.165, 1.54) is 24.8 Å². The molecule has 0 fully saturated rings. The lowest BCUT2D eigenvalue weighted by Crippen LogP contribution is -2.42. The molecule has 7 heteroatoms. The Bertz CT molecular complexity index is 775. The van der Waals surface area contributed by atoms with Gasteiger partial charge in [0.25, 0.3) is 5.91 Å². The maximum atomic E-state index is 12.1. The molecule has 0 heterocycles. The second-order valence-corrected chi connectivity index (χ2v) is 6.41. The highest BCUT2D eigenvalue weighted by atomic mass is 32.2. The molecular formula is C18H19N3O3S. The van der Waals surface area contributed by atoms with E-state index in [4.69, 9.17) is 0 Å². The summed E-state index contributed by atoms with van der Waals surface area (Å²) >= 11 is 1.38. The lowest BCUT2D eigenvalue weighted by molar-refractivity contribution is -0.119. The van der Waals surface area contributed by atoms with Gasteiger partial charge in [0, 0.05) is 23.1 Å². The summed E-state index contributed by atoms with van der Waals surface area (Å²) in [7, 11) is 0. The molecule has 0 atom stereocenters. The summed E-state index contributed by atoms with van der Waals surface area (Å²) in [5, 5.41) is 2.60.